The van der Waals surface area contributed by atoms with Crippen molar-refractivity contribution in [2.75, 3.05) is 19.0 Å². The Balaban J connectivity index is 2.07. The van der Waals surface area contributed by atoms with Crippen molar-refractivity contribution in [1.82, 2.24) is 20.2 Å². The lowest BCUT2D eigenvalue weighted by molar-refractivity contribution is 0.342. The number of allylic oxidation sites excluding steroid dienone is 1. The predicted molar refractivity (Wildman–Crippen MR) is 117 cm³/mol. The Morgan fingerprint density at radius 1 is 1.28 bits per heavy atom. The average molecular weight is 391 g/mol. The van der Waals surface area contributed by atoms with Gasteiger partial charge in [-0.25, -0.2) is 4.98 Å². The number of nitrogens with one attached hydrogen (secondary N) is 1. The molecule has 0 unspecified atom stereocenters. The lowest BCUT2D eigenvalue weighted by atomic mass is 10.1. The summed E-state index contributed by atoms with van der Waals surface area (Å²) < 4.78 is 5.92. The number of hydrogen-bond donors (Lipinski definition) is 2. The number of anilines is 2. The Morgan fingerprint density at radius 2 is 2.10 bits per heavy atom. The maximum atomic E-state index is 5.92. The number of pyridine rings is 2. The fraction of sp³-hybridized carbons (Fsp3) is 0.286. The number of rotatable bonds is 7. The van der Waals surface area contributed by atoms with Gasteiger partial charge in [0.2, 0.25) is 0 Å². The molecule has 3 N–H and O–H groups in total. The number of aromatic nitrogens is 4. The monoisotopic (exact) mass is 391 g/mol. The van der Waals surface area contributed by atoms with Crippen LogP contribution >= 0.6 is 0 Å². The van der Waals surface area contributed by atoms with Gasteiger partial charge in [0.15, 0.2) is 11.6 Å². The molecule has 0 spiro atoms. The number of nitrogens with zero attached hydrogens (tertiary/aromatic N) is 5. The summed E-state index contributed by atoms with van der Waals surface area (Å²) in [6.45, 7) is 6.62. The first-order valence-corrected chi connectivity index (χ1v) is 9.44. The standard InChI is InChI=1S/C21H25N7O/c1-5-29-21-16(15(9-22)10-23-4)12-24-17-6-7-18(27-20(17)21)26-19-8-14(13(2)3)11-25-28-19/h6-13H,5,22H2,1-4H3,(H,26,27,28). The van der Waals surface area contributed by atoms with E-state index in [9.17, 15) is 0 Å². The van der Waals surface area contributed by atoms with Gasteiger partial charge in [-0.1, -0.05) is 13.8 Å². The van der Waals surface area contributed by atoms with Crippen molar-refractivity contribution in [3.05, 3.63) is 47.9 Å². The average Bonchev–Trinajstić information content (AvgIpc) is 2.73. The molecule has 0 saturated heterocycles. The van der Waals surface area contributed by atoms with E-state index in [0.717, 1.165) is 16.6 Å². The second kappa shape index (κ2) is 9.09. The van der Waals surface area contributed by atoms with Crippen molar-refractivity contribution in [2.24, 2.45) is 10.7 Å². The molecule has 29 heavy (non-hydrogen) atoms. The van der Waals surface area contributed by atoms with Gasteiger partial charge in [-0.15, -0.1) is 5.10 Å². The van der Waals surface area contributed by atoms with Crippen LogP contribution in [0.3, 0.4) is 0 Å². The van der Waals surface area contributed by atoms with E-state index in [1.807, 2.05) is 25.1 Å². The van der Waals surface area contributed by atoms with Crippen LogP contribution in [0.5, 0.6) is 5.75 Å². The molecule has 8 nitrogen and oxygen atoms in total. The molecule has 3 heterocycles. The minimum absolute atomic E-state index is 0.355. The Morgan fingerprint density at radius 3 is 2.79 bits per heavy atom. The van der Waals surface area contributed by atoms with Crippen LogP contribution in [0, 0.1) is 0 Å². The number of ether oxygens (including phenoxy) is 1. The first-order valence-electron chi connectivity index (χ1n) is 9.44. The van der Waals surface area contributed by atoms with Gasteiger partial charge in [-0.05, 0) is 36.6 Å². The van der Waals surface area contributed by atoms with Gasteiger partial charge in [0.05, 0.1) is 18.3 Å². The molecular formula is C21H25N7O. The highest BCUT2D eigenvalue weighted by Crippen LogP contribution is 2.32. The van der Waals surface area contributed by atoms with Gasteiger partial charge in [0, 0.05) is 36.8 Å². The zero-order chi connectivity index (χ0) is 20.8. The maximum Gasteiger partial charge on any atom is 0.156 e. The molecule has 3 aromatic rings. The van der Waals surface area contributed by atoms with Gasteiger partial charge in [0.1, 0.15) is 11.3 Å². The van der Waals surface area contributed by atoms with Gasteiger partial charge in [0.25, 0.3) is 0 Å². The third-order valence-electron chi connectivity index (χ3n) is 4.31. The summed E-state index contributed by atoms with van der Waals surface area (Å²) in [6, 6.07) is 5.70. The zero-order valence-electron chi connectivity index (χ0n) is 17.0. The summed E-state index contributed by atoms with van der Waals surface area (Å²) >= 11 is 0. The van der Waals surface area contributed by atoms with Gasteiger partial charge < -0.3 is 15.8 Å². The van der Waals surface area contributed by atoms with Crippen LogP contribution < -0.4 is 15.8 Å². The molecule has 3 aromatic heterocycles. The van der Waals surface area contributed by atoms with E-state index in [-0.39, 0.29) is 0 Å². The van der Waals surface area contributed by atoms with E-state index in [1.54, 1.807) is 25.7 Å². The molecule has 150 valence electrons. The maximum absolute atomic E-state index is 5.92. The fourth-order valence-corrected chi connectivity index (χ4v) is 2.84. The summed E-state index contributed by atoms with van der Waals surface area (Å²) in [4.78, 5) is 13.3. The van der Waals surface area contributed by atoms with Crippen LogP contribution in [-0.2, 0) is 0 Å². The number of nitrogens with two attached hydrogens (primary N) is 1. The molecule has 0 saturated carbocycles. The number of hydrogen-bond acceptors (Lipinski definition) is 8. The predicted octanol–water partition coefficient (Wildman–Crippen LogP) is 3.69. The lowest BCUT2D eigenvalue weighted by Crippen LogP contribution is -2.04. The SMILES string of the molecule is CCOc1c(C(C=NC)=CN)cnc2ccc(Nc3cc(C(C)C)cnn3)nc12. The minimum atomic E-state index is 0.355. The van der Waals surface area contributed by atoms with Crippen molar-refractivity contribution in [3.63, 3.8) is 0 Å². The highest BCUT2D eigenvalue weighted by molar-refractivity contribution is 6.12. The van der Waals surface area contributed by atoms with E-state index in [1.165, 1.54) is 6.20 Å². The van der Waals surface area contributed by atoms with Crippen molar-refractivity contribution < 1.29 is 4.74 Å². The summed E-state index contributed by atoms with van der Waals surface area (Å²) in [5.74, 6) is 2.22. The molecule has 0 aliphatic carbocycles. The van der Waals surface area contributed by atoms with E-state index in [2.05, 4.69) is 39.3 Å². The fourth-order valence-electron chi connectivity index (χ4n) is 2.84. The number of aliphatic imine (C=N–C) groups is 1. The van der Waals surface area contributed by atoms with Crippen LogP contribution in [0.1, 0.15) is 37.8 Å². The first-order chi connectivity index (χ1) is 14.1. The molecule has 0 fully saturated rings. The summed E-state index contributed by atoms with van der Waals surface area (Å²) in [6.07, 6.45) is 6.64. The smallest absolute Gasteiger partial charge is 0.156 e. The molecule has 0 atom stereocenters. The molecular weight excluding hydrogens is 366 g/mol. The second-order valence-electron chi connectivity index (χ2n) is 6.66. The summed E-state index contributed by atoms with van der Waals surface area (Å²) in [7, 11) is 1.69. The molecule has 3 rings (SSSR count). The van der Waals surface area contributed by atoms with Crippen LogP contribution in [-0.4, -0.2) is 40.0 Å². The molecule has 0 aromatic carbocycles. The highest BCUT2D eigenvalue weighted by atomic mass is 16.5. The van der Waals surface area contributed by atoms with E-state index < -0.39 is 0 Å². The van der Waals surface area contributed by atoms with Gasteiger partial charge >= 0.3 is 0 Å². The topological polar surface area (TPSA) is 111 Å². The van der Waals surface area contributed by atoms with Crippen LogP contribution in [0.15, 0.2) is 41.8 Å². The second-order valence-corrected chi connectivity index (χ2v) is 6.66. The first kappa shape index (κ1) is 20.2. The molecule has 8 heteroatoms. The molecule has 0 radical (unpaired) electrons. The van der Waals surface area contributed by atoms with Gasteiger partial charge in [-0.3, -0.25) is 9.98 Å². The Hall–Kier alpha value is -3.55. The van der Waals surface area contributed by atoms with Crippen molar-refractivity contribution in [2.45, 2.75) is 26.7 Å². The van der Waals surface area contributed by atoms with E-state index >= 15 is 0 Å². The van der Waals surface area contributed by atoms with Crippen LogP contribution in [0.2, 0.25) is 0 Å². The van der Waals surface area contributed by atoms with Crippen molar-refractivity contribution in [1.29, 1.82) is 0 Å². The summed E-state index contributed by atoms with van der Waals surface area (Å²) in [5.41, 5.74) is 9.67. The summed E-state index contributed by atoms with van der Waals surface area (Å²) in [5, 5.41) is 11.4. The van der Waals surface area contributed by atoms with Crippen LogP contribution in [0.25, 0.3) is 16.6 Å². The minimum Gasteiger partial charge on any atom is -0.491 e. The lowest BCUT2D eigenvalue weighted by Gasteiger charge is -2.14. The van der Waals surface area contributed by atoms with E-state index in [4.69, 9.17) is 15.5 Å². The normalized spacial score (nSPS) is 12.1. The Kier molecular flexibility index (Phi) is 6.33. The quantitative estimate of drug-likeness (QED) is 0.591. The highest BCUT2D eigenvalue weighted by Gasteiger charge is 2.15. The molecule has 0 aliphatic rings. The number of fused-ring (bicyclic) bond motifs is 1. The Labute approximate surface area is 170 Å². The van der Waals surface area contributed by atoms with Crippen molar-refractivity contribution >= 4 is 34.5 Å². The van der Waals surface area contributed by atoms with Crippen LogP contribution in [0.4, 0.5) is 11.6 Å². The third-order valence-corrected chi connectivity index (χ3v) is 4.31. The molecule has 0 bridgehead atoms. The largest absolute Gasteiger partial charge is 0.491 e. The molecule has 0 aliphatic heterocycles. The van der Waals surface area contributed by atoms with Gasteiger partial charge in [-0.2, -0.15) is 5.10 Å². The van der Waals surface area contributed by atoms with E-state index in [0.29, 0.717) is 41.0 Å². The Bertz CT molecular complexity index is 1060. The molecule has 0 amide bonds. The third kappa shape index (κ3) is 4.48. The zero-order valence-corrected chi connectivity index (χ0v) is 17.0. The van der Waals surface area contributed by atoms with Crippen molar-refractivity contribution in [3.8, 4) is 5.75 Å².